The van der Waals surface area contributed by atoms with Gasteiger partial charge >= 0.3 is 0 Å². The second-order valence-electron chi connectivity index (χ2n) is 8.02. The van der Waals surface area contributed by atoms with Crippen molar-refractivity contribution in [2.24, 2.45) is 11.8 Å². The Balaban J connectivity index is 5.75. The fourth-order valence-corrected chi connectivity index (χ4v) is 2.97. The minimum absolute atomic E-state index is 0.0382. The van der Waals surface area contributed by atoms with Crippen LogP contribution in [-0.4, -0.2) is 66.0 Å². The Morgan fingerprint density at radius 2 is 1.63 bits per heavy atom. The molecule has 0 rings (SSSR count). The molecule has 2 amide bonds. The predicted octanol–water partition coefficient (Wildman–Crippen LogP) is 1.85. The normalized spacial score (nSPS) is 15.8. The summed E-state index contributed by atoms with van der Waals surface area (Å²) in [5.41, 5.74) is -1.32. The highest BCUT2D eigenvalue weighted by Gasteiger charge is 2.42. The van der Waals surface area contributed by atoms with Crippen LogP contribution < -0.4 is 5.32 Å². The topological polar surface area (TPSA) is 86.8 Å². The Kier molecular flexibility index (Phi) is 10.4. The average Bonchev–Trinajstić information content (AvgIpc) is 2.62. The standard InChI is InChI=1S/C20H37N3O4/c1-9-10-18(26)22(7)16(6)19(27)23(8)20(13-25,11-14(2)3)21-17(12-24)15(4)5/h12-17,21H,9-11H2,1-8H3/t16-,17-,20-/m1/s1. The van der Waals surface area contributed by atoms with Gasteiger partial charge in [0.05, 0.1) is 6.04 Å². The van der Waals surface area contributed by atoms with E-state index in [0.29, 0.717) is 25.5 Å². The molecule has 0 heterocycles. The largest absolute Gasteiger partial charge is 0.334 e. The van der Waals surface area contributed by atoms with Crippen molar-refractivity contribution in [1.82, 2.24) is 15.1 Å². The van der Waals surface area contributed by atoms with Crippen molar-refractivity contribution < 1.29 is 19.2 Å². The predicted molar refractivity (Wildman–Crippen MR) is 106 cm³/mol. The van der Waals surface area contributed by atoms with Crippen molar-refractivity contribution >= 4 is 24.4 Å². The van der Waals surface area contributed by atoms with E-state index in [1.807, 2.05) is 34.6 Å². The second kappa shape index (κ2) is 11.2. The summed E-state index contributed by atoms with van der Waals surface area (Å²) in [4.78, 5) is 51.6. The van der Waals surface area contributed by atoms with Gasteiger partial charge in [-0.25, -0.2) is 0 Å². The van der Waals surface area contributed by atoms with E-state index in [4.69, 9.17) is 0 Å². The number of aldehydes is 2. The summed E-state index contributed by atoms with van der Waals surface area (Å²) >= 11 is 0. The first-order valence-corrected chi connectivity index (χ1v) is 9.70. The van der Waals surface area contributed by atoms with E-state index in [9.17, 15) is 19.2 Å². The van der Waals surface area contributed by atoms with Crippen LogP contribution in [0.4, 0.5) is 0 Å². The van der Waals surface area contributed by atoms with Gasteiger partial charge in [-0.1, -0.05) is 34.6 Å². The molecule has 0 aliphatic heterocycles. The lowest BCUT2D eigenvalue weighted by molar-refractivity contribution is -0.151. The zero-order valence-electron chi connectivity index (χ0n) is 18.1. The Morgan fingerprint density at radius 3 is 2.00 bits per heavy atom. The number of nitrogens with zero attached hydrogens (tertiary/aromatic N) is 2. The molecule has 3 atom stereocenters. The zero-order valence-corrected chi connectivity index (χ0v) is 18.1. The highest BCUT2D eigenvalue weighted by Crippen LogP contribution is 2.22. The van der Waals surface area contributed by atoms with E-state index in [-0.39, 0.29) is 23.7 Å². The molecule has 0 spiro atoms. The van der Waals surface area contributed by atoms with Gasteiger partial charge in [-0.15, -0.1) is 0 Å². The van der Waals surface area contributed by atoms with E-state index < -0.39 is 17.7 Å². The minimum Gasteiger partial charge on any atom is -0.334 e. The van der Waals surface area contributed by atoms with Crippen molar-refractivity contribution in [2.75, 3.05) is 14.1 Å². The first-order chi connectivity index (χ1) is 12.5. The molecular weight excluding hydrogens is 346 g/mol. The lowest BCUT2D eigenvalue weighted by atomic mass is 9.93. The van der Waals surface area contributed by atoms with E-state index in [0.717, 1.165) is 6.29 Å². The number of likely N-dealkylation sites (N-methyl/N-ethyl adjacent to an activating group) is 2. The Bertz CT molecular complexity index is 521. The van der Waals surface area contributed by atoms with Gasteiger partial charge in [-0.3, -0.25) is 19.7 Å². The summed E-state index contributed by atoms with van der Waals surface area (Å²) in [6.45, 7) is 11.2. The molecule has 0 fully saturated rings. The molecule has 0 aromatic rings. The van der Waals surface area contributed by atoms with E-state index in [1.165, 1.54) is 9.80 Å². The van der Waals surface area contributed by atoms with Crippen LogP contribution in [0.5, 0.6) is 0 Å². The monoisotopic (exact) mass is 383 g/mol. The maximum atomic E-state index is 13.1. The maximum absolute atomic E-state index is 13.1. The van der Waals surface area contributed by atoms with Crippen LogP contribution in [0.3, 0.4) is 0 Å². The summed E-state index contributed by atoms with van der Waals surface area (Å²) in [5, 5.41) is 3.09. The Labute approximate surface area is 163 Å². The van der Waals surface area contributed by atoms with Crippen LogP contribution in [0.2, 0.25) is 0 Å². The van der Waals surface area contributed by atoms with Crippen molar-refractivity contribution in [3.63, 3.8) is 0 Å². The molecule has 0 aliphatic carbocycles. The van der Waals surface area contributed by atoms with Crippen LogP contribution in [0, 0.1) is 11.8 Å². The van der Waals surface area contributed by atoms with Crippen LogP contribution in [0.25, 0.3) is 0 Å². The molecule has 0 saturated heterocycles. The van der Waals surface area contributed by atoms with E-state index >= 15 is 0 Å². The molecule has 7 heteroatoms. The van der Waals surface area contributed by atoms with Gasteiger partial charge in [0.2, 0.25) is 11.8 Å². The third kappa shape index (κ3) is 6.72. The lowest BCUT2D eigenvalue weighted by Crippen LogP contribution is -2.67. The van der Waals surface area contributed by atoms with Gasteiger partial charge in [-0.2, -0.15) is 0 Å². The number of amides is 2. The molecular formula is C20H37N3O4. The molecule has 0 radical (unpaired) electrons. The summed E-state index contributed by atoms with van der Waals surface area (Å²) in [6.07, 6.45) is 2.88. The smallest absolute Gasteiger partial charge is 0.246 e. The highest BCUT2D eigenvalue weighted by atomic mass is 16.2. The van der Waals surface area contributed by atoms with Gasteiger partial charge in [0.25, 0.3) is 0 Å². The average molecular weight is 384 g/mol. The lowest BCUT2D eigenvalue weighted by Gasteiger charge is -2.43. The van der Waals surface area contributed by atoms with Crippen molar-refractivity contribution in [3.8, 4) is 0 Å². The molecule has 0 unspecified atom stereocenters. The van der Waals surface area contributed by atoms with Crippen LogP contribution in [-0.2, 0) is 19.2 Å². The van der Waals surface area contributed by atoms with Crippen molar-refractivity contribution in [3.05, 3.63) is 0 Å². The number of hydrogen-bond acceptors (Lipinski definition) is 5. The van der Waals surface area contributed by atoms with E-state index in [1.54, 1.807) is 21.0 Å². The second-order valence-corrected chi connectivity index (χ2v) is 8.02. The van der Waals surface area contributed by atoms with E-state index in [2.05, 4.69) is 5.32 Å². The van der Waals surface area contributed by atoms with Crippen LogP contribution in [0.1, 0.15) is 60.8 Å². The minimum atomic E-state index is -1.32. The molecule has 0 bridgehead atoms. The summed E-state index contributed by atoms with van der Waals surface area (Å²) < 4.78 is 0. The number of carbonyl (C=O) groups is 4. The third-order valence-corrected chi connectivity index (χ3v) is 4.92. The SMILES string of the molecule is CCCC(=O)N(C)[C@H](C)C(=O)N(C)[C@@](C=O)(CC(C)C)N[C@H](C=O)C(C)C. The highest BCUT2D eigenvalue weighted by molar-refractivity contribution is 5.89. The van der Waals surface area contributed by atoms with Gasteiger partial charge in [0, 0.05) is 20.5 Å². The van der Waals surface area contributed by atoms with Gasteiger partial charge in [0.15, 0.2) is 11.9 Å². The molecule has 27 heavy (non-hydrogen) atoms. The summed E-state index contributed by atoms with van der Waals surface area (Å²) in [5.74, 6) is -0.403. The summed E-state index contributed by atoms with van der Waals surface area (Å²) in [6, 6.07) is -1.28. The number of nitrogens with one attached hydrogen (secondary N) is 1. The molecule has 1 N–H and O–H groups in total. The van der Waals surface area contributed by atoms with Gasteiger partial charge < -0.3 is 14.6 Å². The molecule has 0 aromatic heterocycles. The molecule has 7 nitrogen and oxygen atoms in total. The number of hydrogen-bond donors (Lipinski definition) is 1. The summed E-state index contributed by atoms with van der Waals surface area (Å²) in [7, 11) is 3.14. The zero-order chi connectivity index (χ0) is 21.4. The fourth-order valence-electron chi connectivity index (χ4n) is 2.97. The molecule has 0 saturated carbocycles. The van der Waals surface area contributed by atoms with Crippen LogP contribution in [0.15, 0.2) is 0 Å². The van der Waals surface area contributed by atoms with Crippen LogP contribution >= 0.6 is 0 Å². The first kappa shape index (κ1) is 25.2. The van der Waals surface area contributed by atoms with Crippen molar-refractivity contribution in [2.45, 2.75) is 78.6 Å². The molecule has 0 aromatic carbocycles. The first-order valence-electron chi connectivity index (χ1n) is 9.70. The number of rotatable bonds is 12. The maximum Gasteiger partial charge on any atom is 0.246 e. The fraction of sp³-hybridized carbons (Fsp3) is 0.800. The molecule has 0 aliphatic rings. The van der Waals surface area contributed by atoms with Crippen molar-refractivity contribution in [1.29, 1.82) is 0 Å². The Hall–Kier alpha value is -1.76. The van der Waals surface area contributed by atoms with Gasteiger partial charge in [0.1, 0.15) is 12.3 Å². The quantitative estimate of drug-likeness (QED) is 0.410. The third-order valence-electron chi connectivity index (χ3n) is 4.92. The Morgan fingerprint density at radius 1 is 1.07 bits per heavy atom. The number of carbonyl (C=O) groups excluding carboxylic acids is 4. The van der Waals surface area contributed by atoms with Gasteiger partial charge in [-0.05, 0) is 31.6 Å². The molecule has 156 valence electrons.